The van der Waals surface area contributed by atoms with Gasteiger partial charge in [0.25, 0.3) is 0 Å². The normalized spacial score (nSPS) is 10.7. The largest absolute Gasteiger partial charge is 0.399 e. The first-order valence-corrected chi connectivity index (χ1v) is 8.58. The number of Topliss-reactive ketones (excluding diaryl/α,β-unsaturated/α-hetero) is 1. The molecule has 0 aliphatic rings. The summed E-state index contributed by atoms with van der Waals surface area (Å²) >= 11 is 0. The van der Waals surface area contributed by atoms with E-state index in [0.717, 1.165) is 24.9 Å². The molecule has 2 nitrogen and oxygen atoms in total. The van der Waals surface area contributed by atoms with Crippen molar-refractivity contribution in [2.24, 2.45) is 0 Å². The van der Waals surface area contributed by atoms with Crippen molar-refractivity contribution in [2.75, 3.05) is 5.73 Å². The quantitative estimate of drug-likeness (QED) is 0.419. The summed E-state index contributed by atoms with van der Waals surface area (Å²) in [6, 6.07) is 7.84. The first-order chi connectivity index (χ1) is 10.2. The molecule has 0 heterocycles. The minimum absolute atomic E-state index is 0.392. The average molecular weight is 289 g/mol. The first-order valence-electron chi connectivity index (χ1n) is 8.58. The van der Waals surface area contributed by atoms with Gasteiger partial charge < -0.3 is 5.73 Å². The highest BCUT2D eigenvalue weighted by Gasteiger charge is 2.03. The van der Waals surface area contributed by atoms with Gasteiger partial charge in [0.05, 0.1) is 0 Å². The number of unbranched alkanes of at least 4 members (excludes halogenated alkanes) is 7. The summed E-state index contributed by atoms with van der Waals surface area (Å²) < 4.78 is 0. The lowest BCUT2D eigenvalue weighted by Crippen LogP contribution is -2.00. The SMILES string of the molecule is CCCCCCCCCCC(=O)CCc1cccc(N)c1. The van der Waals surface area contributed by atoms with Crippen LogP contribution in [0.3, 0.4) is 0 Å². The van der Waals surface area contributed by atoms with E-state index in [2.05, 4.69) is 6.92 Å². The molecule has 1 aromatic carbocycles. The van der Waals surface area contributed by atoms with Gasteiger partial charge in [0.2, 0.25) is 0 Å². The lowest BCUT2D eigenvalue weighted by Gasteiger charge is -2.03. The fourth-order valence-corrected chi connectivity index (χ4v) is 2.61. The molecule has 0 saturated heterocycles. The van der Waals surface area contributed by atoms with Gasteiger partial charge in [-0.2, -0.15) is 0 Å². The predicted molar refractivity (Wildman–Crippen MR) is 91.4 cm³/mol. The molecule has 0 radical (unpaired) electrons. The molecule has 0 atom stereocenters. The standard InChI is InChI=1S/C19H31NO/c1-2-3-4-5-6-7-8-9-13-19(21)15-14-17-11-10-12-18(20)16-17/h10-12,16H,2-9,13-15,20H2,1H3. The lowest BCUT2D eigenvalue weighted by molar-refractivity contribution is -0.119. The Morgan fingerprint density at radius 2 is 1.62 bits per heavy atom. The Hall–Kier alpha value is -1.31. The third-order valence-corrected chi connectivity index (χ3v) is 3.95. The number of nitrogen functional groups attached to an aromatic ring is 1. The maximum absolute atomic E-state index is 11.8. The zero-order valence-corrected chi connectivity index (χ0v) is 13.6. The average Bonchev–Trinajstić information content (AvgIpc) is 2.48. The number of carbonyl (C=O) groups is 1. The summed E-state index contributed by atoms with van der Waals surface area (Å²) in [6.07, 6.45) is 12.5. The van der Waals surface area contributed by atoms with Gasteiger partial charge in [-0.1, -0.05) is 64.0 Å². The van der Waals surface area contributed by atoms with Crippen LogP contribution in [0.25, 0.3) is 0 Å². The summed E-state index contributed by atoms with van der Waals surface area (Å²) in [4.78, 5) is 11.8. The topological polar surface area (TPSA) is 43.1 Å². The molecule has 0 aromatic heterocycles. The van der Waals surface area contributed by atoms with E-state index in [1.54, 1.807) is 0 Å². The second-order valence-electron chi connectivity index (χ2n) is 6.01. The van der Waals surface area contributed by atoms with Crippen LogP contribution in [-0.4, -0.2) is 5.78 Å². The third kappa shape index (κ3) is 9.28. The summed E-state index contributed by atoms with van der Waals surface area (Å²) in [5.74, 6) is 0.392. The van der Waals surface area contributed by atoms with Gasteiger partial charge in [-0.3, -0.25) is 4.79 Å². The second kappa shape index (κ2) is 11.4. The number of ketones is 1. The molecule has 0 fully saturated rings. The molecule has 0 unspecified atom stereocenters. The Morgan fingerprint density at radius 1 is 0.952 bits per heavy atom. The van der Waals surface area contributed by atoms with Crippen molar-refractivity contribution in [3.63, 3.8) is 0 Å². The third-order valence-electron chi connectivity index (χ3n) is 3.95. The van der Waals surface area contributed by atoms with Gasteiger partial charge in [0.15, 0.2) is 0 Å². The van der Waals surface area contributed by atoms with Crippen LogP contribution in [0.1, 0.15) is 76.7 Å². The van der Waals surface area contributed by atoms with Crippen LogP contribution in [0.15, 0.2) is 24.3 Å². The van der Waals surface area contributed by atoms with Gasteiger partial charge in [-0.25, -0.2) is 0 Å². The van der Waals surface area contributed by atoms with E-state index in [1.165, 1.54) is 50.5 Å². The number of nitrogens with two attached hydrogens (primary N) is 1. The summed E-state index contributed by atoms with van der Waals surface area (Å²) in [5.41, 5.74) is 7.68. The smallest absolute Gasteiger partial charge is 0.133 e. The predicted octanol–water partition coefficient (Wildman–Crippen LogP) is 5.30. The summed E-state index contributed by atoms with van der Waals surface area (Å²) in [6.45, 7) is 2.25. The van der Waals surface area contributed by atoms with E-state index in [-0.39, 0.29) is 0 Å². The van der Waals surface area contributed by atoms with Crippen molar-refractivity contribution < 1.29 is 4.79 Å². The highest BCUT2D eigenvalue weighted by atomic mass is 16.1. The number of benzene rings is 1. The molecular formula is C19H31NO. The minimum atomic E-state index is 0.392. The highest BCUT2D eigenvalue weighted by molar-refractivity contribution is 5.78. The minimum Gasteiger partial charge on any atom is -0.399 e. The van der Waals surface area contributed by atoms with Crippen LogP contribution in [0.4, 0.5) is 5.69 Å². The molecule has 118 valence electrons. The highest BCUT2D eigenvalue weighted by Crippen LogP contribution is 2.12. The molecule has 2 N–H and O–H groups in total. The van der Waals surface area contributed by atoms with Gasteiger partial charge in [-0.15, -0.1) is 0 Å². The molecular weight excluding hydrogens is 258 g/mol. The first kappa shape index (κ1) is 17.7. The number of anilines is 1. The van der Waals surface area contributed by atoms with E-state index in [0.29, 0.717) is 12.2 Å². The number of hydrogen-bond acceptors (Lipinski definition) is 2. The molecule has 1 aromatic rings. The monoisotopic (exact) mass is 289 g/mol. The molecule has 2 heteroatoms. The molecule has 21 heavy (non-hydrogen) atoms. The molecule has 0 aliphatic heterocycles. The van der Waals surface area contributed by atoms with Crippen LogP contribution < -0.4 is 5.73 Å². The number of aryl methyl sites for hydroxylation is 1. The van der Waals surface area contributed by atoms with Gasteiger partial charge >= 0.3 is 0 Å². The fraction of sp³-hybridized carbons (Fsp3) is 0.632. The summed E-state index contributed by atoms with van der Waals surface area (Å²) in [5, 5.41) is 0. The molecule has 0 spiro atoms. The van der Waals surface area contributed by atoms with Crippen molar-refractivity contribution in [2.45, 2.75) is 77.6 Å². The summed E-state index contributed by atoms with van der Waals surface area (Å²) in [7, 11) is 0. The van der Waals surface area contributed by atoms with E-state index in [4.69, 9.17) is 5.73 Å². The second-order valence-corrected chi connectivity index (χ2v) is 6.01. The Balaban J connectivity index is 1.99. The molecule has 0 bridgehead atoms. The number of hydrogen-bond donors (Lipinski definition) is 1. The van der Waals surface area contributed by atoms with Crippen LogP contribution in [-0.2, 0) is 11.2 Å². The van der Waals surface area contributed by atoms with Gasteiger partial charge in [0, 0.05) is 18.5 Å². The molecule has 0 aliphatic carbocycles. The van der Waals surface area contributed by atoms with Gasteiger partial charge in [-0.05, 0) is 30.5 Å². The van der Waals surface area contributed by atoms with Crippen molar-refractivity contribution in [3.8, 4) is 0 Å². The van der Waals surface area contributed by atoms with Gasteiger partial charge in [0.1, 0.15) is 5.78 Å². The molecule has 0 saturated carbocycles. The Labute approximate surface area is 130 Å². The van der Waals surface area contributed by atoms with E-state index in [1.807, 2.05) is 24.3 Å². The molecule has 0 amide bonds. The van der Waals surface area contributed by atoms with Crippen LogP contribution in [0.5, 0.6) is 0 Å². The zero-order valence-electron chi connectivity index (χ0n) is 13.6. The Morgan fingerprint density at radius 3 is 2.29 bits per heavy atom. The maximum atomic E-state index is 11.8. The number of rotatable bonds is 12. The Bertz CT molecular complexity index is 400. The van der Waals surface area contributed by atoms with Crippen molar-refractivity contribution >= 4 is 11.5 Å². The maximum Gasteiger partial charge on any atom is 0.133 e. The van der Waals surface area contributed by atoms with Crippen molar-refractivity contribution in [3.05, 3.63) is 29.8 Å². The van der Waals surface area contributed by atoms with E-state index < -0.39 is 0 Å². The van der Waals surface area contributed by atoms with Crippen LogP contribution >= 0.6 is 0 Å². The van der Waals surface area contributed by atoms with Crippen LogP contribution in [0, 0.1) is 0 Å². The van der Waals surface area contributed by atoms with Crippen LogP contribution in [0.2, 0.25) is 0 Å². The van der Waals surface area contributed by atoms with E-state index >= 15 is 0 Å². The molecule has 1 rings (SSSR count). The number of carbonyl (C=O) groups excluding carboxylic acids is 1. The fourth-order valence-electron chi connectivity index (χ4n) is 2.61. The Kier molecular flexibility index (Phi) is 9.60. The van der Waals surface area contributed by atoms with E-state index in [9.17, 15) is 4.79 Å². The van der Waals surface area contributed by atoms with Crippen molar-refractivity contribution in [1.82, 2.24) is 0 Å². The lowest BCUT2D eigenvalue weighted by atomic mass is 10.0. The zero-order chi connectivity index (χ0) is 15.3. The van der Waals surface area contributed by atoms with Crippen molar-refractivity contribution in [1.29, 1.82) is 0 Å².